The summed E-state index contributed by atoms with van der Waals surface area (Å²) < 4.78 is 5.68. The predicted molar refractivity (Wildman–Crippen MR) is 86.8 cm³/mol. The fourth-order valence-corrected chi connectivity index (χ4v) is 2.67. The van der Waals surface area contributed by atoms with Crippen LogP contribution >= 0.6 is 0 Å². The molecule has 2 rings (SSSR count). The third-order valence-electron chi connectivity index (χ3n) is 4.13. The molecule has 122 valence electrons. The van der Waals surface area contributed by atoms with Crippen LogP contribution in [0.5, 0.6) is 5.75 Å². The molecule has 0 saturated carbocycles. The summed E-state index contributed by atoms with van der Waals surface area (Å²) in [5.74, 6) is 0.825. The highest BCUT2D eigenvalue weighted by Crippen LogP contribution is 2.35. The standard InChI is InChI=1S/C18H27NO3/c1-4-5-6-16(20)13-7-8-17-14(11-13)15(9-10-22-17)19-18(21)12(2)3/h7-8,11-12,15-16,20H,4-6,9-10H2,1-3H3,(H,19,21). The third-order valence-corrected chi connectivity index (χ3v) is 4.13. The van der Waals surface area contributed by atoms with Crippen LogP contribution in [0.4, 0.5) is 0 Å². The Kier molecular flexibility index (Phi) is 5.83. The van der Waals surface area contributed by atoms with E-state index in [2.05, 4.69) is 12.2 Å². The number of amides is 1. The Morgan fingerprint density at radius 1 is 1.45 bits per heavy atom. The van der Waals surface area contributed by atoms with E-state index in [1.165, 1.54) is 0 Å². The highest BCUT2D eigenvalue weighted by atomic mass is 16.5. The second kappa shape index (κ2) is 7.63. The molecule has 2 atom stereocenters. The normalized spacial score (nSPS) is 18.5. The van der Waals surface area contributed by atoms with Gasteiger partial charge in [0.25, 0.3) is 0 Å². The third kappa shape index (κ3) is 4.01. The summed E-state index contributed by atoms with van der Waals surface area (Å²) in [5, 5.41) is 13.4. The van der Waals surface area contributed by atoms with Crippen LogP contribution in [0.25, 0.3) is 0 Å². The van der Waals surface area contributed by atoms with Crippen LogP contribution in [0.1, 0.15) is 69.7 Å². The van der Waals surface area contributed by atoms with Crippen LogP contribution in [0.2, 0.25) is 0 Å². The molecule has 1 aromatic carbocycles. The molecule has 1 aliphatic heterocycles. The van der Waals surface area contributed by atoms with Crippen molar-refractivity contribution in [1.82, 2.24) is 5.32 Å². The van der Waals surface area contributed by atoms with Gasteiger partial charge in [0.1, 0.15) is 5.75 Å². The molecular weight excluding hydrogens is 278 g/mol. The van der Waals surface area contributed by atoms with Crippen molar-refractivity contribution in [3.63, 3.8) is 0 Å². The molecule has 22 heavy (non-hydrogen) atoms. The molecule has 1 amide bonds. The van der Waals surface area contributed by atoms with Gasteiger partial charge >= 0.3 is 0 Å². The lowest BCUT2D eigenvalue weighted by Gasteiger charge is -2.28. The number of nitrogens with one attached hydrogen (secondary N) is 1. The van der Waals surface area contributed by atoms with Crippen LogP contribution in [-0.2, 0) is 4.79 Å². The largest absolute Gasteiger partial charge is 0.493 e. The maximum absolute atomic E-state index is 12.0. The first-order valence-electron chi connectivity index (χ1n) is 8.28. The number of benzene rings is 1. The average Bonchev–Trinajstić information content (AvgIpc) is 2.52. The lowest BCUT2D eigenvalue weighted by atomic mass is 9.94. The van der Waals surface area contributed by atoms with E-state index in [0.717, 1.165) is 42.6 Å². The molecule has 0 aliphatic carbocycles. The van der Waals surface area contributed by atoms with Gasteiger partial charge in [0.15, 0.2) is 0 Å². The highest BCUT2D eigenvalue weighted by Gasteiger charge is 2.25. The van der Waals surface area contributed by atoms with E-state index < -0.39 is 6.10 Å². The molecule has 0 fully saturated rings. The van der Waals surface area contributed by atoms with Crippen molar-refractivity contribution in [3.8, 4) is 5.75 Å². The number of aliphatic hydroxyl groups is 1. The number of aliphatic hydroxyl groups excluding tert-OH is 1. The van der Waals surface area contributed by atoms with E-state index in [1.54, 1.807) is 0 Å². The Balaban J connectivity index is 2.18. The van der Waals surface area contributed by atoms with E-state index in [1.807, 2.05) is 32.0 Å². The molecule has 0 radical (unpaired) electrons. The molecule has 0 spiro atoms. The topological polar surface area (TPSA) is 58.6 Å². The molecule has 0 aromatic heterocycles. The van der Waals surface area contributed by atoms with Crippen LogP contribution in [0.3, 0.4) is 0 Å². The molecule has 4 nitrogen and oxygen atoms in total. The molecular formula is C18H27NO3. The maximum Gasteiger partial charge on any atom is 0.223 e. The van der Waals surface area contributed by atoms with Crippen molar-refractivity contribution in [1.29, 1.82) is 0 Å². The van der Waals surface area contributed by atoms with Gasteiger partial charge in [-0.25, -0.2) is 0 Å². The summed E-state index contributed by atoms with van der Waals surface area (Å²) in [6, 6.07) is 5.79. The van der Waals surface area contributed by atoms with Gasteiger partial charge in [-0.1, -0.05) is 39.7 Å². The number of unbranched alkanes of at least 4 members (excludes halogenated alkanes) is 1. The molecule has 2 unspecified atom stereocenters. The van der Waals surface area contributed by atoms with Crippen molar-refractivity contribution < 1.29 is 14.6 Å². The van der Waals surface area contributed by atoms with E-state index in [0.29, 0.717) is 6.61 Å². The number of rotatable bonds is 6. The number of carbonyl (C=O) groups excluding carboxylic acids is 1. The number of ether oxygens (including phenoxy) is 1. The number of hydrogen-bond acceptors (Lipinski definition) is 3. The van der Waals surface area contributed by atoms with E-state index in [4.69, 9.17) is 4.74 Å². The monoisotopic (exact) mass is 305 g/mol. The molecule has 2 N–H and O–H groups in total. The van der Waals surface area contributed by atoms with Gasteiger partial charge < -0.3 is 15.2 Å². The van der Waals surface area contributed by atoms with Gasteiger partial charge in [-0.3, -0.25) is 4.79 Å². The molecule has 4 heteroatoms. The van der Waals surface area contributed by atoms with Gasteiger partial charge in [0, 0.05) is 17.9 Å². The van der Waals surface area contributed by atoms with Gasteiger partial charge in [0.2, 0.25) is 5.91 Å². The molecule has 1 heterocycles. The lowest BCUT2D eigenvalue weighted by Crippen LogP contribution is -2.34. The SMILES string of the molecule is CCCCC(O)c1ccc2c(c1)C(NC(=O)C(C)C)CCO2. The number of hydrogen-bond donors (Lipinski definition) is 2. The fourth-order valence-electron chi connectivity index (χ4n) is 2.67. The summed E-state index contributed by atoms with van der Waals surface area (Å²) in [5.41, 5.74) is 1.88. The zero-order chi connectivity index (χ0) is 16.1. The molecule has 1 aromatic rings. The Morgan fingerprint density at radius 2 is 2.23 bits per heavy atom. The zero-order valence-electron chi connectivity index (χ0n) is 13.8. The summed E-state index contributed by atoms with van der Waals surface area (Å²) in [7, 11) is 0. The van der Waals surface area contributed by atoms with E-state index in [-0.39, 0.29) is 17.9 Å². The molecule has 1 aliphatic rings. The van der Waals surface area contributed by atoms with E-state index >= 15 is 0 Å². The van der Waals surface area contributed by atoms with Gasteiger partial charge in [-0.15, -0.1) is 0 Å². The Labute approximate surface area is 132 Å². The minimum Gasteiger partial charge on any atom is -0.493 e. The minimum absolute atomic E-state index is 0.0306. The van der Waals surface area contributed by atoms with Crippen LogP contribution < -0.4 is 10.1 Å². The summed E-state index contributed by atoms with van der Waals surface area (Å²) in [6.45, 7) is 6.50. The summed E-state index contributed by atoms with van der Waals surface area (Å²) >= 11 is 0. The molecule has 0 saturated heterocycles. The van der Waals surface area contributed by atoms with Crippen molar-refractivity contribution in [2.24, 2.45) is 5.92 Å². The number of fused-ring (bicyclic) bond motifs is 1. The van der Waals surface area contributed by atoms with Crippen LogP contribution in [-0.4, -0.2) is 17.6 Å². The smallest absolute Gasteiger partial charge is 0.223 e. The van der Waals surface area contributed by atoms with Crippen molar-refractivity contribution >= 4 is 5.91 Å². The second-order valence-electron chi connectivity index (χ2n) is 6.31. The fraction of sp³-hybridized carbons (Fsp3) is 0.611. The Bertz CT molecular complexity index is 513. The van der Waals surface area contributed by atoms with Crippen LogP contribution in [0.15, 0.2) is 18.2 Å². The first-order valence-corrected chi connectivity index (χ1v) is 8.28. The number of carbonyl (C=O) groups is 1. The summed E-state index contributed by atoms with van der Waals surface area (Å²) in [4.78, 5) is 12.0. The van der Waals surface area contributed by atoms with Gasteiger partial charge in [-0.05, 0) is 24.1 Å². The Morgan fingerprint density at radius 3 is 2.91 bits per heavy atom. The zero-order valence-corrected chi connectivity index (χ0v) is 13.8. The first kappa shape index (κ1) is 16.8. The lowest BCUT2D eigenvalue weighted by molar-refractivity contribution is -0.124. The second-order valence-corrected chi connectivity index (χ2v) is 6.31. The quantitative estimate of drug-likeness (QED) is 0.845. The minimum atomic E-state index is -0.450. The maximum atomic E-state index is 12.0. The van der Waals surface area contributed by atoms with E-state index in [9.17, 15) is 9.90 Å². The van der Waals surface area contributed by atoms with Crippen molar-refractivity contribution in [2.75, 3.05) is 6.61 Å². The predicted octanol–water partition coefficient (Wildman–Crippen LogP) is 3.51. The van der Waals surface area contributed by atoms with Crippen molar-refractivity contribution in [2.45, 2.75) is 58.6 Å². The van der Waals surface area contributed by atoms with Crippen LogP contribution in [0, 0.1) is 5.92 Å². The molecule has 0 bridgehead atoms. The van der Waals surface area contributed by atoms with Gasteiger partial charge in [0.05, 0.1) is 18.8 Å². The average molecular weight is 305 g/mol. The van der Waals surface area contributed by atoms with Crippen molar-refractivity contribution in [3.05, 3.63) is 29.3 Å². The first-order chi connectivity index (χ1) is 10.5. The van der Waals surface area contributed by atoms with Gasteiger partial charge in [-0.2, -0.15) is 0 Å². The highest BCUT2D eigenvalue weighted by molar-refractivity contribution is 5.78. The summed E-state index contributed by atoms with van der Waals surface area (Å²) in [6.07, 6.45) is 3.15. The Hall–Kier alpha value is -1.55.